The first-order valence-corrected chi connectivity index (χ1v) is 7.72. The first-order chi connectivity index (χ1) is 9.33. The molecule has 0 radical (unpaired) electrons. The fraction of sp³-hybridized carbons (Fsp3) is 0.500. The maximum atomic E-state index is 12.0. The molecule has 2 aliphatic heterocycles. The molecule has 0 aromatic heterocycles. The topological polar surface area (TPSA) is 47.6 Å². The van der Waals surface area contributed by atoms with Crippen LogP contribution in [0.2, 0.25) is 0 Å². The van der Waals surface area contributed by atoms with Gasteiger partial charge >= 0.3 is 0 Å². The van der Waals surface area contributed by atoms with Gasteiger partial charge in [0.05, 0.1) is 0 Å². The highest BCUT2D eigenvalue weighted by Crippen LogP contribution is 2.32. The Morgan fingerprint density at radius 2 is 2.05 bits per heavy atom. The van der Waals surface area contributed by atoms with E-state index < -0.39 is 0 Å². The van der Waals surface area contributed by atoms with Gasteiger partial charge in [0.15, 0.2) is 11.5 Å². The Morgan fingerprint density at radius 1 is 1.26 bits per heavy atom. The van der Waals surface area contributed by atoms with Crippen LogP contribution in [0.15, 0.2) is 18.2 Å². The maximum absolute atomic E-state index is 12.0. The van der Waals surface area contributed by atoms with Crippen molar-refractivity contribution >= 4 is 17.7 Å². The SMILES string of the molecule is O=C(NCc1ccc2c(c1)OCO2)C1CCSCC1. The smallest absolute Gasteiger partial charge is 0.231 e. The largest absolute Gasteiger partial charge is 0.454 e. The molecule has 2 heterocycles. The van der Waals surface area contributed by atoms with E-state index in [9.17, 15) is 4.79 Å². The zero-order chi connectivity index (χ0) is 13.1. The number of benzene rings is 1. The highest BCUT2D eigenvalue weighted by Gasteiger charge is 2.21. The summed E-state index contributed by atoms with van der Waals surface area (Å²) in [4.78, 5) is 12.0. The van der Waals surface area contributed by atoms with E-state index in [0.29, 0.717) is 6.54 Å². The minimum Gasteiger partial charge on any atom is -0.454 e. The minimum absolute atomic E-state index is 0.179. The molecule has 1 aromatic carbocycles. The Balaban J connectivity index is 1.55. The molecule has 0 atom stereocenters. The monoisotopic (exact) mass is 279 g/mol. The summed E-state index contributed by atoms with van der Waals surface area (Å²) in [6.07, 6.45) is 2.00. The average molecular weight is 279 g/mol. The van der Waals surface area contributed by atoms with Crippen molar-refractivity contribution in [3.63, 3.8) is 0 Å². The van der Waals surface area contributed by atoms with E-state index in [-0.39, 0.29) is 18.6 Å². The lowest BCUT2D eigenvalue weighted by molar-refractivity contribution is -0.125. The van der Waals surface area contributed by atoms with Gasteiger partial charge in [0.25, 0.3) is 0 Å². The van der Waals surface area contributed by atoms with Gasteiger partial charge in [0, 0.05) is 12.5 Å². The number of rotatable bonds is 3. The quantitative estimate of drug-likeness (QED) is 0.921. The summed E-state index contributed by atoms with van der Waals surface area (Å²) in [6.45, 7) is 0.837. The van der Waals surface area contributed by atoms with Crippen molar-refractivity contribution in [2.45, 2.75) is 19.4 Å². The van der Waals surface area contributed by atoms with Gasteiger partial charge in [-0.15, -0.1) is 0 Å². The molecule has 1 aromatic rings. The fourth-order valence-corrected chi connectivity index (χ4v) is 3.45. The summed E-state index contributed by atoms with van der Waals surface area (Å²) in [5, 5.41) is 3.02. The molecule has 2 aliphatic rings. The van der Waals surface area contributed by atoms with Crippen LogP contribution in [0.1, 0.15) is 18.4 Å². The van der Waals surface area contributed by atoms with Gasteiger partial charge in [0.1, 0.15) is 0 Å². The number of thioether (sulfide) groups is 1. The lowest BCUT2D eigenvalue weighted by atomic mass is 10.0. The van der Waals surface area contributed by atoms with E-state index in [0.717, 1.165) is 41.4 Å². The second-order valence-electron chi connectivity index (χ2n) is 4.79. The summed E-state index contributed by atoms with van der Waals surface area (Å²) in [5.41, 5.74) is 1.04. The van der Waals surface area contributed by atoms with E-state index in [2.05, 4.69) is 5.32 Å². The number of carbonyl (C=O) groups is 1. The Labute approximate surface area is 116 Å². The van der Waals surface area contributed by atoms with Crippen LogP contribution < -0.4 is 14.8 Å². The van der Waals surface area contributed by atoms with Crippen molar-refractivity contribution in [1.82, 2.24) is 5.32 Å². The van der Waals surface area contributed by atoms with E-state index >= 15 is 0 Å². The standard InChI is InChI=1S/C14H17NO3S/c16-14(11-3-5-19-6-4-11)15-8-10-1-2-12-13(7-10)18-9-17-12/h1-2,7,11H,3-6,8-9H2,(H,15,16). The third kappa shape index (κ3) is 2.97. The molecule has 0 bridgehead atoms. The van der Waals surface area contributed by atoms with Crippen LogP contribution in [-0.2, 0) is 11.3 Å². The normalized spacial score (nSPS) is 18.3. The maximum Gasteiger partial charge on any atom is 0.231 e. The van der Waals surface area contributed by atoms with Crippen LogP contribution in [0.3, 0.4) is 0 Å². The summed E-state index contributed by atoms with van der Waals surface area (Å²) < 4.78 is 10.6. The van der Waals surface area contributed by atoms with Crippen molar-refractivity contribution in [3.8, 4) is 11.5 Å². The van der Waals surface area contributed by atoms with Crippen LogP contribution in [0.5, 0.6) is 11.5 Å². The molecule has 1 fully saturated rings. The molecular weight excluding hydrogens is 262 g/mol. The number of carbonyl (C=O) groups excluding carboxylic acids is 1. The Morgan fingerprint density at radius 3 is 2.89 bits per heavy atom. The zero-order valence-electron chi connectivity index (χ0n) is 10.7. The fourth-order valence-electron chi connectivity index (χ4n) is 2.34. The number of hydrogen-bond acceptors (Lipinski definition) is 4. The molecule has 19 heavy (non-hydrogen) atoms. The molecule has 0 aliphatic carbocycles. The van der Waals surface area contributed by atoms with Crippen LogP contribution in [0.25, 0.3) is 0 Å². The highest BCUT2D eigenvalue weighted by molar-refractivity contribution is 7.99. The van der Waals surface area contributed by atoms with E-state index in [1.807, 2.05) is 30.0 Å². The van der Waals surface area contributed by atoms with Crippen LogP contribution >= 0.6 is 11.8 Å². The molecule has 102 valence electrons. The average Bonchev–Trinajstić information content (AvgIpc) is 2.93. The second kappa shape index (κ2) is 5.74. The van der Waals surface area contributed by atoms with Crippen molar-refractivity contribution in [3.05, 3.63) is 23.8 Å². The third-order valence-corrected chi connectivity index (χ3v) is 4.54. The van der Waals surface area contributed by atoms with Crippen molar-refractivity contribution in [2.75, 3.05) is 18.3 Å². The van der Waals surface area contributed by atoms with Crippen molar-refractivity contribution < 1.29 is 14.3 Å². The predicted molar refractivity (Wildman–Crippen MR) is 74.5 cm³/mol. The number of ether oxygens (including phenoxy) is 2. The van der Waals surface area contributed by atoms with Gasteiger partial charge in [0.2, 0.25) is 12.7 Å². The molecular formula is C14H17NO3S. The van der Waals surface area contributed by atoms with Gasteiger partial charge in [-0.1, -0.05) is 6.07 Å². The molecule has 3 rings (SSSR count). The summed E-state index contributed by atoms with van der Waals surface area (Å²) in [6, 6.07) is 5.78. The van der Waals surface area contributed by atoms with Crippen LogP contribution in [-0.4, -0.2) is 24.2 Å². The van der Waals surface area contributed by atoms with Gasteiger partial charge in [-0.3, -0.25) is 4.79 Å². The number of hydrogen-bond donors (Lipinski definition) is 1. The first kappa shape index (κ1) is 12.7. The van der Waals surface area contributed by atoms with Crippen molar-refractivity contribution in [1.29, 1.82) is 0 Å². The number of amides is 1. The van der Waals surface area contributed by atoms with Gasteiger partial charge in [-0.25, -0.2) is 0 Å². The van der Waals surface area contributed by atoms with Gasteiger partial charge in [-0.2, -0.15) is 11.8 Å². The lowest BCUT2D eigenvalue weighted by Gasteiger charge is -2.20. The Kier molecular flexibility index (Phi) is 3.82. The van der Waals surface area contributed by atoms with E-state index in [1.165, 1.54) is 0 Å². The predicted octanol–water partition coefficient (Wildman–Crippen LogP) is 2.17. The third-order valence-electron chi connectivity index (χ3n) is 3.50. The van der Waals surface area contributed by atoms with Crippen molar-refractivity contribution in [2.24, 2.45) is 5.92 Å². The lowest BCUT2D eigenvalue weighted by Crippen LogP contribution is -2.32. The molecule has 1 N–H and O–H groups in total. The summed E-state index contributed by atoms with van der Waals surface area (Å²) in [7, 11) is 0. The van der Waals surface area contributed by atoms with Gasteiger partial charge in [-0.05, 0) is 42.0 Å². The zero-order valence-corrected chi connectivity index (χ0v) is 11.5. The van der Waals surface area contributed by atoms with Crippen LogP contribution in [0.4, 0.5) is 0 Å². The molecule has 0 saturated carbocycles. The highest BCUT2D eigenvalue weighted by atomic mass is 32.2. The summed E-state index contributed by atoms with van der Waals surface area (Å²) in [5.74, 6) is 4.11. The van der Waals surface area contributed by atoms with E-state index in [1.54, 1.807) is 0 Å². The van der Waals surface area contributed by atoms with Crippen LogP contribution in [0, 0.1) is 5.92 Å². The van der Waals surface area contributed by atoms with E-state index in [4.69, 9.17) is 9.47 Å². The number of fused-ring (bicyclic) bond motifs is 1. The van der Waals surface area contributed by atoms with Gasteiger partial charge < -0.3 is 14.8 Å². The second-order valence-corrected chi connectivity index (χ2v) is 6.02. The molecule has 1 saturated heterocycles. The first-order valence-electron chi connectivity index (χ1n) is 6.57. The Bertz CT molecular complexity index is 472. The number of nitrogens with one attached hydrogen (secondary N) is 1. The molecule has 0 unspecified atom stereocenters. The Hall–Kier alpha value is -1.36. The molecule has 0 spiro atoms. The molecule has 4 nitrogen and oxygen atoms in total. The molecule has 1 amide bonds. The molecule has 5 heteroatoms. The summed E-state index contributed by atoms with van der Waals surface area (Å²) >= 11 is 1.93. The minimum atomic E-state index is 0.179.